The van der Waals surface area contributed by atoms with E-state index in [-0.39, 0.29) is 11.1 Å². The lowest BCUT2D eigenvalue weighted by Gasteiger charge is -2.08. The van der Waals surface area contributed by atoms with Crippen molar-refractivity contribution in [3.8, 4) is 0 Å². The monoisotopic (exact) mass is 223 g/mol. The molecular formula is C10H10FN3S. The minimum Gasteiger partial charge on any atom is -0.254 e. The maximum absolute atomic E-state index is 12.7. The molecule has 2 aromatic rings. The van der Waals surface area contributed by atoms with Gasteiger partial charge >= 0.3 is 0 Å². The topological polar surface area (TPSA) is 41.6 Å². The molecule has 0 aliphatic rings. The average molecular weight is 223 g/mol. The Morgan fingerprint density at radius 1 is 1.33 bits per heavy atom. The van der Waals surface area contributed by atoms with Crippen LogP contribution in [0.5, 0.6) is 0 Å². The second-order valence-corrected chi connectivity index (χ2v) is 4.43. The molecule has 5 heteroatoms. The SMILES string of the molecule is C[C@@H](Sc1ncn[nH]1)c1ccc(F)cc1. The fourth-order valence-corrected chi connectivity index (χ4v) is 2.06. The van der Waals surface area contributed by atoms with Gasteiger partial charge in [0.2, 0.25) is 0 Å². The van der Waals surface area contributed by atoms with Gasteiger partial charge < -0.3 is 0 Å². The highest BCUT2D eigenvalue weighted by Crippen LogP contribution is 2.32. The molecule has 0 saturated carbocycles. The summed E-state index contributed by atoms with van der Waals surface area (Å²) < 4.78 is 12.7. The van der Waals surface area contributed by atoms with Crippen molar-refractivity contribution in [3.05, 3.63) is 42.0 Å². The molecule has 1 heterocycles. The smallest absolute Gasteiger partial charge is 0.183 e. The zero-order chi connectivity index (χ0) is 10.7. The van der Waals surface area contributed by atoms with E-state index in [0.29, 0.717) is 0 Å². The maximum Gasteiger partial charge on any atom is 0.183 e. The van der Waals surface area contributed by atoms with Crippen molar-refractivity contribution >= 4 is 11.8 Å². The van der Waals surface area contributed by atoms with Crippen LogP contribution < -0.4 is 0 Å². The van der Waals surface area contributed by atoms with Gasteiger partial charge in [0.25, 0.3) is 0 Å². The van der Waals surface area contributed by atoms with Crippen molar-refractivity contribution in [1.82, 2.24) is 15.2 Å². The molecule has 1 aromatic heterocycles. The van der Waals surface area contributed by atoms with E-state index in [2.05, 4.69) is 15.2 Å². The lowest BCUT2D eigenvalue weighted by molar-refractivity contribution is 0.627. The Morgan fingerprint density at radius 3 is 2.67 bits per heavy atom. The first-order valence-electron chi connectivity index (χ1n) is 4.53. The molecule has 3 nitrogen and oxygen atoms in total. The Morgan fingerprint density at radius 2 is 2.07 bits per heavy atom. The van der Waals surface area contributed by atoms with Crippen molar-refractivity contribution in [3.63, 3.8) is 0 Å². The summed E-state index contributed by atoms with van der Waals surface area (Å²) in [6.45, 7) is 2.04. The first kappa shape index (κ1) is 10.2. The van der Waals surface area contributed by atoms with E-state index >= 15 is 0 Å². The second-order valence-electron chi connectivity index (χ2n) is 3.10. The summed E-state index contributed by atoms with van der Waals surface area (Å²) in [5.41, 5.74) is 1.07. The number of aromatic nitrogens is 3. The zero-order valence-corrected chi connectivity index (χ0v) is 8.96. The van der Waals surface area contributed by atoms with Crippen molar-refractivity contribution in [2.24, 2.45) is 0 Å². The van der Waals surface area contributed by atoms with E-state index in [0.717, 1.165) is 10.7 Å². The predicted octanol–water partition coefficient (Wildman–Crippen LogP) is 2.80. The number of benzene rings is 1. The van der Waals surface area contributed by atoms with Gasteiger partial charge in [0.1, 0.15) is 12.1 Å². The molecule has 1 aromatic carbocycles. The number of thioether (sulfide) groups is 1. The molecule has 0 saturated heterocycles. The summed E-state index contributed by atoms with van der Waals surface area (Å²) in [6, 6.07) is 6.49. The predicted molar refractivity (Wildman–Crippen MR) is 57.1 cm³/mol. The highest BCUT2D eigenvalue weighted by Gasteiger charge is 2.08. The van der Waals surface area contributed by atoms with Crippen LogP contribution in [0.2, 0.25) is 0 Å². The minimum absolute atomic E-state index is 0.212. The third-order valence-corrected chi connectivity index (χ3v) is 3.07. The molecule has 15 heavy (non-hydrogen) atoms. The zero-order valence-electron chi connectivity index (χ0n) is 8.14. The summed E-state index contributed by atoms with van der Waals surface area (Å²) >= 11 is 1.56. The fourth-order valence-electron chi connectivity index (χ4n) is 1.22. The molecule has 0 fully saturated rings. The van der Waals surface area contributed by atoms with Gasteiger partial charge in [0.15, 0.2) is 5.16 Å². The fraction of sp³-hybridized carbons (Fsp3) is 0.200. The normalized spacial score (nSPS) is 12.7. The number of hydrogen-bond acceptors (Lipinski definition) is 3. The molecule has 0 aliphatic heterocycles. The molecule has 2 rings (SSSR count). The Balaban J connectivity index is 2.08. The highest BCUT2D eigenvalue weighted by molar-refractivity contribution is 7.99. The lowest BCUT2D eigenvalue weighted by atomic mass is 10.2. The molecule has 0 radical (unpaired) electrons. The number of hydrogen-bond donors (Lipinski definition) is 1. The van der Waals surface area contributed by atoms with Crippen molar-refractivity contribution in [2.45, 2.75) is 17.3 Å². The van der Waals surface area contributed by atoms with Crippen LogP contribution in [0, 0.1) is 5.82 Å². The third kappa shape index (κ3) is 2.56. The standard InChI is InChI=1S/C10H10FN3S/c1-7(15-10-12-6-13-14-10)8-2-4-9(11)5-3-8/h2-7H,1H3,(H,12,13,14)/t7-/m1/s1. The van der Waals surface area contributed by atoms with Gasteiger partial charge in [-0.05, 0) is 24.6 Å². The van der Waals surface area contributed by atoms with Crippen molar-refractivity contribution in [2.75, 3.05) is 0 Å². The lowest BCUT2D eigenvalue weighted by Crippen LogP contribution is -1.89. The Hall–Kier alpha value is -1.36. The molecule has 0 spiro atoms. The highest BCUT2D eigenvalue weighted by atomic mass is 32.2. The molecule has 0 unspecified atom stereocenters. The average Bonchev–Trinajstić information content (AvgIpc) is 2.71. The van der Waals surface area contributed by atoms with E-state index in [9.17, 15) is 4.39 Å². The minimum atomic E-state index is -0.212. The van der Waals surface area contributed by atoms with Gasteiger partial charge in [-0.1, -0.05) is 23.9 Å². The number of aromatic amines is 1. The van der Waals surface area contributed by atoms with Gasteiger partial charge in [-0.15, -0.1) is 0 Å². The summed E-state index contributed by atoms with van der Waals surface area (Å²) in [4.78, 5) is 4.02. The van der Waals surface area contributed by atoms with Gasteiger partial charge in [-0.3, -0.25) is 5.10 Å². The van der Waals surface area contributed by atoms with E-state index < -0.39 is 0 Å². The summed E-state index contributed by atoms with van der Waals surface area (Å²) in [7, 11) is 0. The Labute approximate surface area is 91.1 Å². The summed E-state index contributed by atoms with van der Waals surface area (Å²) in [5.74, 6) is -0.212. The second kappa shape index (κ2) is 4.44. The molecule has 0 aliphatic carbocycles. The molecular weight excluding hydrogens is 213 g/mol. The van der Waals surface area contributed by atoms with Crippen LogP contribution in [0.3, 0.4) is 0 Å². The van der Waals surface area contributed by atoms with Crippen molar-refractivity contribution < 1.29 is 4.39 Å². The summed E-state index contributed by atoms with van der Waals surface area (Å²) in [6.07, 6.45) is 1.47. The summed E-state index contributed by atoms with van der Waals surface area (Å²) in [5, 5.41) is 7.53. The number of H-pyrrole nitrogens is 1. The number of nitrogens with one attached hydrogen (secondary N) is 1. The van der Waals surface area contributed by atoms with Crippen LogP contribution in [0.1, 0.15) is 17.7 Å². The van der Waals surface area contributed by atoms with Crippen LogP contribution >= 0.6 is 11.8 Å². The third-order valence-electron chi connectivity index (χ3n) is 2.02. The Bertz CT molecular complexity index is 413. The quantitative estimate of drug-likeness (QED) is 0.813. The van der Waals surface area contributed by atoms with Crippen LogP contribution in [0.15, 0.2) is 35.7 Å². The molecule has 0 bridgehead atoms. The number of halogens is 1. The number of nitrogens with zero attached hydrogens (tertiary/aromatic N) is 2. The van der Waals surface area contributed by atoms with Gasteiger partial charge in [0.05, 0.1) is 0 Å². The van der Waals surface area contributed by atoms with Gasteiger partial charge in [0, 0.05) is 5.25 Å². The van der Waals surface area contributed by atoms with Crippen LogP contribution in [-0.4, -0.2) is 15.2 Å². The largest absolute Gasteiger partial charge is 0.254 e. The van der Waals surface area contributed by atoms with E-state index in [1.165, 1.54) is 18.5 Å². The van der Waals surface area contributed by atoms with E-state index in [1.807, 2.05) is 6.92 Å². The van der Waals surface area contributed by atoms with Crippen molar-refractivity contribution in [1.29, 1.82) is 0 Å². The van der Waals surface area contributed by atoms with Crippen LogP contribution in [0.25, 0.3) is 0 Å². The molecule has 0 amide bonds. The first-order valence-corrected chi connectivity index (χ1v) is 5.41. The molecule has 78 valence electrons. The van der Waals surface area contributed by atoms with E-state index in [4.69, 9.17) is 0 Å². The van der Waals surface area contributed by atoms with Gasteiger partial charge in [-0.2, -0.15) is 5.10 Å². The molecule has 1 N–H and O–H groups in total. The maximum atomic E-state index is 12.7. The molecule has 1 atom stereocenters. The number of rotatable bonds is 3. The Kier molecular flexibility index (Phi) is 3.01. The first-order chi connectivity index (χ1) is 7.25. The van der Waals surface area contributed by atoms with Crippen LogP contribution in [0.4, 0.5) is 4.39 Å². The van der Waals surface area contributed by atoms with E-state index in [1.54, 1.807) is 23.9 Å². The van der Waals surface area contributed by atoms with Crippen LogP contribution in [-0.2, 0) is 0 Å². The van der Waals surface area contributed by atoms with Gasteiger partial charge in [-0.25, -0.2) is 9.37 Å².